The van der Waals surface area contributed by atoms with E-state index in [4.69, 9.17) is 4.74 Å². The molecule has 0 radical (unpaired) electrons. The maximum absolute atomic E-state index is 11.9. The van der Waals surface area contributed by atoms with Crippen molar-refractivity contribution < 1.29 is 14.3 Å². The van der Waals surface area contributed by atoms with Crippen LogP contribution in [0.4, 0.5) is 0 Å². The van der Waals surface area contributed by atoms with E-state index in [0.29, 0.717) is 19.7 Å². The average molecular weight is 299 g/mol. The van der Waals surface area contributed by atoms with E-state index in [1.165, 1.54) is 0 Å². The van der Waals surface area contributed by atoms with Gasteiger partial charge in [-0.05, 0) is 32.4 Å². The van der Waals surface area contributed by atoms with Crippen molar-refractivity contribution >= 4 is 11.8 Å². The summed E-state index contributed by atoms with van der Waals surface area (Å²) >= 11 is 0. The maximum Gasteiger partial charge on any atom is 0.220 e. The maximum atomic E-state index is 11.9. The summed E-state index contributed by atoms with van der Waals surface area (Å²) in [6.07, 6.45) is 3.41. The zero-order chi connectivity index (χ0) is 15.6. The Hall–Kier alpha value is -1.14. The molecule has 0 bridgehead atoms. The molecular formula is C15H29N3O3. The zero-order valence-corrected chi connectivity index (χ0v) is 13.3. The van der Waals surface area contributed by atoms with Gasteiger partial charge in [0.1, 0.15) is 0 Å². The molecule has 0 aromatic rings. The molecule has 1 heterocycles. The van der Waals surface area contributed by atoms with Gasteiger partial charge >= 0.3 is 0 Å². The lowest BCUT2D eigenvalue weighted by Crippen LogP contribution is -2.47. The fraction of sp³-hybridized carbons (Fsp3) is 0.867. The minimum atomic E-state index is -0.0596. The second-order valence-corrected chi connectivity index (χ2v) is 5.81. The van der Waals surface area contributed by atoms with E-state index in [0.717, 1.165) is 32.4 Å². The lowest BCUT2D eigenvalue weighted by molar-refractivity contribution is -0.126. The highest BCUT2D eigenvalue weighted by atomic mass is 16.5. The quantitative estimate of drug-likeness (QED) is 0.577. The van der Waals surface area contributed by atoms with Gasteiger partial charge in [-0.25, -0.2) is 0 Å². The Kier molecular flexibility index (Phi) is 8.30. The third-order valence-electron chi connectivity index (χ3n) is 3.93. The molecule has 0 aromatic carbocycles. The molecule has 6 nitrogen and oxygen atoms in total. The van der Waals surface area contributed by atoms with Crippen molar-refractivity contribution in [2.75, 3.05) is 39.9 Å². The number of hydrogen-bond acceptors (Lipinski definition) is 4. The summed E-state index contributed by atoms with van der Waals surface area (Å²) in [6, 6.07) is 0. The van der Waals surface area contributed by atoms with Gasteiger partial charge in [0.15, 0.2) is 0 Å². The van der Waals surface area contributed by atoms with Crippen LogP contribution in [-0.2, 0) is 14.3 Å². The van der Waals surface area contributed by atoms with Crippen LogP contribution in [0.25, 0.3) is 0 Å². The Balaban J connectivity index is 2.28. The van der Waals surface area contributed by atoms with Crippen LogP contribution >= 0.6 is 0 Å². The van der Waals surface area contributed by atoms with Crippen LogP contribution in [0.15, 0.2) is 0 Å². The minimum Gasteiger partial charge on any atom is -0.384 e. The molecule has 1 aliphatic rings. The molecule has 0 unspecified atom stereocenters. The van der Waals surface area contributed by atoms with Crippen molar-refractivity contribution in [1.29, 1.82) is 0 Å². The van der Waals surface area contributed by atoms with Crippen LogP contribution in [0.3, 0.4) is 0 Å². The van der Waals surface area contributed by atoms with Crippen molar-refractivity contribution in [1.82, 2.24) is 16.0 Å². The number of hydrogen-bond donors (Lipinski definition) is 3. The van der Waals surface area contributed by atoms with E-state index in [1.54, 1.807) is 7.11 Å². The standard InChI is InChI=1S/C15H29N3O3/c1-3-8-17-13(19)4-5-14(20)18-11-15(12-21-2)6-9-16-10-7-15/h16H,3-12H2,1-2H3,(H,17,19)(H,18,20). The number of methoxy groups -OCH3 is 1. The van der Waals surface area contributed by atoms with E-state index in [-0.39, 0.29) is 30.1 Å². The van der Waals surface area contributed by atoms with E-state index in [1.807, 2.05) is 6.92 Å². The predicted molar refractivity (Wildman–Crippen MR) is 82.0 cm³/mol. The van der Waals surface area contributed by atoms with Crippen molar-refractivity contribution in [3.63, 3.8) is 0 Å². The number of nitrogens with one attached hydrogen (secondary N) is 3. The highest BCUT2D eigenvalue weighted by Crippen LogP contribution is 2.28. The molecule has 1 fully saturated rings. The molecule has 3 N–H and O–H groups in total. The van der Waals surface area contributed by atoms with Crippen LogP contribution in [0, 0.1) is 5.41 Å². The summed E-state index contributed by atoms with van der Waals surface area (Å²) < 4.78 is 5.32. The van der Waals surface area contributed by atoms with E-state index in [2.05, 4.69) is 16.0 Å². The molecule has 1 saturated heterocycles. The fourth-order valence-electron chi connectivity index (χ4n) is 2.59. The van der Waals surface area contributed by atoms with Gasteiger partial charge in [-0.1, -0.05) is 6.92 Å². The molecule has 0 spiro atoms. The second-order valence-electron chi connectivity index (χ2n) is 5.81. The first-order chi connectivity index (χ1) is 10.1. The first-order valence-electron chi connectivity index (χ1n) is 7.85. The fourth-order valence-corrected chi connectivity index (χ4v) is 2.59. The largest absolute Gasteiger partial charge is 0.384 e. The molecule has 21 heavy (non-hydrogen) atoms. The highest BCUT2D eigenvalue weighted by Gasteiger charge is 2.32. The number of carbonyl (C=O) groups is 2. The number of rotatable bonds is 9. The molecule has 0 saturated carbocycles. The Labute approximate surface area is 127 Å². The molecule has 1 rings (SSSR count). The molecular weight excluding hydrogens is 270 g/mol. The van der Waals surface area contributed by atoms with Crippen LogP contribution in [-0.4, -0.2) is 51.7 Å². The average Bonchev–Trinajstić information content (AvgIpc) is 2.50. The summed E-state index contributed by atoms with van der Waals surface area (Å²) in [6.45, 7) is 5.87. The van der Waals surface area contributed by atoms with Crippen molar-refractivity contribution in [2.24, 2.45) is 5.41 Å². The van der Waals surface area contributed by atoms with Crippen molar-refractivity contribution in [3.05, 3.63) is 0 Å². The first-order valence-corrected chi connectivity index (χ1v) is 7.85. The Morgan fingerprint density at radius 1 is 1.14 bits per heavy atom. The molecule has 6 heteroatoms. The summed E-state index contributed by atoms with van der Waals surface area (Å²) in [7, 11) is 1.70. The monoisotopic (exact) mass is 299 g/mol. The van der Waals surface area contributed by atoms with Gasteiger partial charge in [-0.2, -0.15) is 0 Å². The normalized spacial score (nSPS) is 17.2. The first kappa shape index (κ1) is 17.9. The summed E-state index contributed by atoms with van der Waals surface area (Å²) in [5.41, 5.74) is 0.0279. The summed E-state index contributed by atoms with van der Waals surface area (Å²) in [5, 5.41) is 9.06. The van der Waals surface area contributed by atoms with Crippen LogP contribution in [0.2, 0.25) is 0 Å². The van der Waals surface area contributed by atoms with Crippen molar-refractivity contribution in [3.8, 4) is 0 Å². The van der Waals surface area contributed by atoms with E-state index < -0.39 is 0 Å². The Morgan fingerprint density at radius 2 is 1.76 bits per heavy atom. The third kappa shape index (κ3) is 6.91. The van der Waals surface area contributed by atoms with Gasteiger partial charge in [-0.15, -0.1) is 0 Å². The van der Waals surface area contributed by atoms with Gasteiger partial charge < -0.3 is 20.7 Å². The number of amides is 2. The number of ether oxygens (including phenoxy) is 1. The van der Waals surface area contributed by atoms with E-state index in [9.17, 15) is 9.59 Å². The third-order valence-corrected chi connectivity index (χ3v) is 3.93. The Bertz CT molecular complexity index is 323. The highest BCUT2D eigenvalue weighted by molar-refractivity contribution is 5.83. The van der Waals surface area contributed by atoms with Gasteiger partial charge in [0.25, 0.3) is 0 Å². The molecule has 122 valence electrons. The lowest BCUT2D eigenvalue weighted by atomic mass is 9.79. The van der Waals surface area contributed by atoms with Gasteiger partial charge in [0.05, 0.1) is 6.61 Å². The lowest BCUT2D eigenvalue weighted by Gasteiger charge is -2.37. The van der Waals surface area contributed by atoms with Crippen molar-refractivity contribution in [2.45, 2.75) is 39.0 Å². The smallest absolute Gasteiger partial charge is 0.220 e. The van der Waals surface area contributed by atoms with Gasteiger partial charge in [0, 0.05) is 38.5 Å². The Morgan fingerprint density at radius 3 is 2.33 bits per heavy atom. The molecule has 0 atom stereocenters. The van der Waals surface area contributed by atoms with E-state index >= 15 is 0 Å². The number of carbonyl (C=O) groups excluding carboxylic acids is 2. The zero-order valence-electron chi connectivity index (χ0n) is 13.3. The minimum absolute atomic E-state index is 0.0279. The SMILES string of the molecule is CCCNC(=O)CCC(=O)NCC1(COC)CCNCC1. The van der Waals surface area contributed by atoms with Crippen LogP contribution < -0.4 is 16.0 Å². The summed E-state index contributed by atoms with van der Waals surface area (Å²) in [4.78, 5) is 23.3. The summed E-state index contributed by atoms with van der Waals surface area (Å²) in [5.74, 6) is -0.115. The molecule has 2 amide bonds. The molecule has 1 aliphatic heterocycles. The molecule has 0 aliphatic carbocycles. The van der Waals surface area contributed by atoms with Gasteiger partial charge in [-0.3, -0.25) is 9.59 Å². The second kappa shape index (κ2) is 9.73. The van der Waals surface area contributed by atoms with Gasteiger partial charge in [0.2, 0.25) is 11.8 Å². The molecule has 0 aromatic heterocycles. The topological polar surface area (TPSA) is 79.5 Å². The predicted octanol–water partition coefficient (Wildman–Crippen LogP) is 0.425. The van der Waals surface area contributed by atoms with Crippen LogP contribution in [0.1, 0.15) is 39.0 Å². The van der Waals surface area contributed by atoms with Crippen LogP contribution in [0.5, 0.6) is 0 Å². The number of piperidine rings is 1.